The SMILES string of the molecule is CC(C)NCC1CC1c1cc(F)c(F)cc1F. The van der Waals surface area contributed by atoms with Gasteiger partial charge in [-0.3, -0.25) is 0 Å². The van der Waals surface area contributed by atoms with Crippen LogP contribution in [0.15, 0.2) is 12.1 Å². The second-order valence-corrected chi connectivity index (χ2v) is 4.95. The maximum Gasteiger partial charge on any atom is 0.161 e. The Kier molecular flexibility index (Phi) is 3.43. The monoisotopic (exact) mass is 243 g/mol. The molecule has 1 nitrogen and oxygen atoms in total. The van der Waals surface area contributed by atoms with Gasteiger partial charge in [0.1, 0.15) is 5.82 Å². The van der Waals surface area contributed by atoms with Crippen LogP contribution in [0.4, 0.5) is 13.2 Å². The van der Waals surface area contributed by atoms with Crippen LogP contribution in [-0.2, 0) is 0 Å². The average molecular weight is 243 g/mol. The van der Waals surface area contributed by atoms with Crippen LogP contribution in [0.2, 0.25) is 0 Å². The Morgan fingerprint density at radius 3 is 2.47 bits per heavy atom. The lowest BCUT2D eigenvalue weighted by atomic mass is 10.1. The minimum atomic E-state index is -1.12. The van der Waals surface area contributed by atoms with Crippen molar-refractivity contribution in [1.82, 2.24) is 5.32 Å². The van der Waals surface area contributed by atoms with Gasteiger partial charge in [-0.25, -0.2) is 13.2 Å². The molecule has 1 aromatic rings. The molecule has 0 heterocycles. The van der Waals surface area contributed by atoms with Crippen molar-refractivity contribution < 1.29 is 13.2 Å². The van der Waals surface area contributed by atoms with Gasteiger partial charge in [-0.05, 0) is 36.4 Å². The lowest BCUT2D eigenvalue weighted by molar-refractivity contribution is 0.488. The van der Waals surface area contributed by atoms with Crippen LogP contribution < -0.4 is 5.32 Å². The van der Waals surface area contributed by atoms with Gasteiger partial charge in [0.05, 0.1) is 0 Å². The summed E-state index contributed by atoms with van der Waals surface area (Å²) < 4.78 is 39.3. The predicted octanol–water partition coefficient (Wildman–Crippen LogP) is 3.21. The molecule has 1 fully saturated rings. The van der Waals surface area contributed by atoms with Gasteiger partial charge in [-0.2, -0.15) is 0 Å². The molecular weight excluding hydrogens is 227 g/mol. The molecule has 0 saturated heterocycles. The molecule has 94 valence electrons. The molecule has 1 aliphatic carbocycles. The summed E-state index contributed by atoms with van der Waals surface area (Å²) in [5, 5.41) is 3.26. The van der Waals surface area contributed by atoms with E-state index in [1.807, 2.05) is 13.8 Å². The fraction of sp³-hybridized carbons (Fsp3) is 0.538. The van der Waals surface area contributed by atoms with E-state index < -0.39 is 17.5 Å². The molecular formula is C13H16F3N. The van der Waals surface area contributed by atoms with Crippen LogP contribution in [0.5, 0.6) is 0 Å². The first-order valence-corrected chi connectivity index (χ1v) is 5.87. The molecule has 1 saturated carbocycles. The van der Waals surface area contributed by atoms with E-state index in [-0.39, 0.29) is 5.92 Å². The third-order valence-corrected chi connectivity index (χ3v) is 3.15. The highest BCUT2D eigenvalue weighted by Crippen LogP contribution is 2.48. The van der Waals surface area contributed by atoms with Crippen molar-refractivity contribution in [3.8, 4) is 0 Å². The van der Waals surface area contributed by atoms with Crippen molar-refractivity contribution in [2.45, 2.75) is 32.2 Å². The van der Waals surface area contributed by atoms with Crippen LogP contribution in [0.1, 0.15) is 31.7 Å². The van der Waals surface area contributed by atoms with Crippen molar-refractivity contribution in [2.24, 2.45) is 5.92 Å². The molecule has 1 N–H and O–H groups in total. The summed E-state index contributed by atoms with van der Waals surface area (Å²) in [6, 6.07) is 2.01. The van der Waals surface area contributed by atoms with E-state index in [0.717, 1.165) is 19.0 Å². The second kappa shape index (κ2) is 4.69. The van der Waals surface area contributed by atoms with Gasteiger partial charge < -0.3 is 5.32 Å². The predicted molar refractivity (Wildman–Crippen MR) is 60.3 cm³/mol. The first kappa shape index (κ1) is 12.4. The van der Waals surface area contributed by atoms with E-state index in [1.165, 1.54) is 0 Å². The summed E-state index contributed by atoms with van der Waals surface area (Å²) in [5.41, 5.74) is 0.305. The van der Waals surface area contributed by atoms with Crippen molar-refractivity contribution in [3.05, 3.63) is 35.1 Å². The maximum absolute atomic E-state index is 13.5. The highest BCUT2D eigenvalue weighted by Gasteiger charge is 2.40. The van der Waals surface area contributed by atoms with Crippen molar-refractivity contribution >= 4 is 0 Å². The quantitative estimate of drug-likeness (QED) is 0.801. The molecule has 1 aliphatic rings. The largest absolute Gasteiger partial charge is 0.314 e. The maximum atomic E-state index is 13.5. The molecule has 2 rings (SSSR count). The van der Waals surface area contributed by atoms with Crippen molar-refractivity contribution in [1.29, 1.82) is 0 Å². The summed E-state index contributed by atoms with van der Waals surface area (Å²) >= 11 is 0. The Balaban J connectivity index is 2.03. The summed E-state index contributed by atoms with van der Waals surface area (Å²) in [6.45, 7) is 4.87. The summed E-state index contributed by atoms with van der Waals surface area (Å²) in [4.78, 5) is 0. The molecule has 0 aromatic heterocycles. The number of halogens is 3. The lowest BCUT2D eigenvalue weighted by Gasteiger charge is -2.08. The smallest absolute Gasteiger partial charge is 0.161 e. The molecule has 4 heteroatoms. The van der Waals surface area contributed by atoms with Gasteiger partial charge in [0.15, 0.2) is 11.6 Å². The zero-order chi connectivity index (χ0) is 12.6. The Morgan fingerprint density at radius 2 is 1.82 bits per heavy atom. The molecule has 1 aromatic carbocycles. The van der Waals surface area contributed by atoms with E-state index in [1.54, 1.807) is 0 Å². The van der Waals surface area contributed by atoms with Gasteiger partial charge in [-0.1, -0.05) is 13.8 Å². The Labute approximate surface area is 99.0 Å². The van der Waals surface area contributed by atoms with Crippen LogP contribution >= 0.6 is 0 Å². The average Bonchev–Trinajstić information content (AvgIpc) is 3.00. The lowest BCUT2D eigenvalue weighted by Crippen LogP contribution is -2.25. The highest BCUT2D eigenvalue weighted by atomic mass is 19.2. The molecule has 0 aliphatic heterocycles. The number of rotatable bonds is 4. The van der Waals surface area contributed by atoms with E-state index in [2.05, 4.69) is 5.32 Å². The van der Waals surface area contributed by atoms with Crippen LogP contribution in [-0.4, -0.2) is 12.6 Å². The number of benzene rings is 1. The normalized spacial score (nSPS) is 23.2. The van der Waals surface area contributed by atoms with Gasteiger partial charge in [-0.15, -0.1) is 0 Å². The molecule has 2 atom stereocenters. The highest BCUT2D eigenvalue weighted by molar-refractivity contribution is 5.29. The van der Waals surface area contributed by atoms with Gasteiger partial charge in [0, 0.05) is 12.1 Å². The van der Waals surface area contributed by atoms with E-state index >= 15 is 0 Å². The second-order valence-electron chi connectivity index (χ2n) is 4.95. The molecule has 0 spiro atoms. The first-order valence-electron chi connectivity index (χ1n) is 5.87. The first-order chi connectivity index (χ1) is 7.99. The van der Waals surface area contributed by atoms with E-state index in [0.29, 0.717) is 23.6 Å². The third kappa shape index (κ3) is 2.80. The molecule has 0 amide bonds. The topological polar surface area (TPSA) is 12.0 Å². The fourth-order valence-corrected chi connectivity index (χ4v) is 2.06. The van der Waals surface area contributed by atoms with E-state index in [9.17, 15) is 13.2 Å². The van der Waals surface area contributed by atoms with Gasteiger partial charge in [0.25, 0.3) is 0 Å². The summed E-state index contributed by atoms with van der Waals surface area (Å²) in [7, 11) is 0. The van der Waals surface area contributed by atoms with Gasteiger partial charge in [0.2, 0.25) is 0 Å². The Hall–Kier alpha value is -1.03. The minimum absolute atomic E-state index is 0.0244. The van der Waals surface area contributed by atoms with Crippen molar-refractivity contribution in [3.63, 3.8) is 0 Å². The Bertz CT molecular complexity index is 417. The van der Waals surface area contributed by atoms with Crippen LogP contribution in [0.25, 0.3) is 0 Å². The zero-order valence-corrected chi connectivity index (χ0v) is 9.93. The molecule has 0 radical (unpaired) electrons. The minimum Gasteiger partial charge on any atom is -0.314 e. The standard InChI is InChI=1S/C13H16F3N/c1-7(2)17-6-8-3-9(8)10-4-12(15)13(16)5-11(10)14/h4-5,7-9,17H,3,6H2,1-2H3. The van der Waals surface area contributed by atoms with Crippen LogP contribution in [0, 0.1) is 23.4 Å². The van der Waals surface area contributed by atoms with Crippen LogP contribution in [0.3, 0.4) is 0 Å². The molecule has 2 unspecified atom stereocenters. The zero-order valence-electron chi connectivity index (χ0n) is 9.93. The van der Waals surface area contributed by atoms with Gasteiger partial charge >= 0.3 is 0 Å². The fourth-order valence-electron chi connectivity index (χ4n) is 2.06. The van der Waals surface area contributed by atoms with E-state index in [4.69, 9.17) is 0 Å². The molecule has 0 bridgehead atoms. The third-order valence-electron chi connectivity index (χ3n) is 3.15. The number of hydrogen-bond donors (Lipinski definition) is 1. The summed E-state index contributed by atoms with van der Waals surface area (Å²) in [6.07, 6.45) is 0.835. The number of nitrogens with one attached hydrogen (secondary N) is 1. The number of hydrogen-bond acceptors (Lipinski definition) is 1. The Morgan fingerprint density at radius 1 is 1.18 bits per heavy atom. The molecule has 17 heavy (non-hydrogen) atoms. The summed E-state index contributed by atoms with van der Waals surface area (Å²) in [5.74, 6) is -2.37. The van der Waals surface area contributed by atoms with Crippen molar-refractivity contribution in [2.75, 3.05) is 6.54 Å².